The molecule has 2 heterocycles. The molecule has 2 aromatic carbocycles. The molecule has 1 aromatic heterocycles. The smallest absolute Gasteiger partial charge is 0.387 e. The number of nitrogens with zero attached hydrogens (tertiary/aromatic N) is 4. The van der Waals surface area contributed by atoms with Gasteiger partial charge >= 0.3 is 12.6 Å². The SMILES string of the molecule is O=C(O)COCC1CCN(c2cncc(N(c3ccccc3)c3cccc(OC(F)F)c3)n2)CC1. The number of rotatable bonds is 10. The highest BCUT2D eigenvalue weighted by Gasteiger charge is 2.22. The predicted molar refractivity (Wildman–Crippen MR) is 127 cm³/mol. The van der Waals surface area contributed by atoms with E-state index in [2.05, 4.69) is 14.6 Å². The van der Waals surface area contributed by atoms with Gasteiger partial charge in [0.1, 0.15) is 18.2 Å². The number of carboxylic acid groups (broad SMARTS) is 1. The fourth-order valence-electron chi connectivity index (χ4n) is 4.04. The standard InChI is InChI=1S/C25H26F2N4O4/c26-25(27)35-21-8-4-7-20(13-21)31(19-5-2-1-3-6-19)23-15-28-14-22(29-23)30-11-9-18(10-12-30)16-34-17-24(32)33/h1-8,13-15,18,25H,9-12,16-17H2,(H,32,33). The van der Waals surface area contributed by atoms with Gasteiger partial charge in [0.25, 0.3) is 0 Å². The van der Waals surface area contributed by atoms with Gasteiger partial charge in [-0.2, -0.15) is 8.78 Å². The summed E-state index contributed by atoms with van der Waals surface area (Å²) in [6, 6.07) is 15.9. The van der Waals surface area contributed by atoms with Crippen molar-refractivity contribution in [3.8, 4) is 5.75 Å². The molecule has 8 nitrogen and oxygen atoms in total. The molecule has 0 atom stereocenters. The number of aliphatic carboxylic acids is 1. The topological polar surface area (TPSA) is 88.0 Å². The highest BCUT2D eigenvalue weighted by atomic mass is 19.3. The molecule has 0 spiro atoms. The number of piperidine rings is 1. The van der Waals surface area contributed by atoms with Crippen molar-refractivity contribution in [1.82, 2.24) is 9.97 Å². The van der Waals surface area contributed by atoms with Gasteiger partial charge in [-0.05, 0) is 43.0 Å². The summed E-state index contributed by atoms with van der Waals surface area (Å²) in [5.41, 5.74) is 1.40. The highest BCUT2D eigenvalue weighted by Crippen LogP contribution is 2.35. The summed E-state index contributed by atoms with van der Waals surface area (Å²) in [5, 5.41) is 8.73. The number of carboxylic acids is 1. The van der Waals surface area contributed by atoms with Gasteiger partial charge in [-0.1, -0.05) is 24.3 Å². The quantitative estimate of drug-likeness (QED) is 0.436. The van der Waals surface area contributed by atoms with Gasteiger partial charge < -0.3 is 19.5 Å². The molecule has 0 saturated carbocycles. The molecule has 1 fully saturated rings. The van der Waals surface area contributed by atoms with Crippen LogP contribution in [0, 0.1) is 5.92 Å². The summed E-state index contributed by atoms with van der Waals surface area (Å²) in [7, 11) is 0. The molecular weight excluding hydrogens is 458 g/mol. The zero-order valence-electron chi connectivity index (χ0n) is 19.0. The van der Waals surface area contributed by atoms with E-state index in [-0.39, 0.29) is 12.4 Å². The van der Waals surface area contributed by atoms with Gasteiger partial charge in [-0.15, -0.1) is 0 Å². The number of para-hydroxylation sites is 1. The third-order valence-corrected chi connectivity index (χ3v) is 5.67. The minimum Gasteiger partial charge on any atom is -0.480 e. The molecule has 1 aliphatic heterocycles. The van der Waals surface area contributed by atoms with Gasteiger partial charge in [-0.25, -0.2) is 9.78 Å². The second-order valence-electron chi connectivity index (χ2n) is 8.12. The molecule has 35 heavy (non-hydrogen) atoms. The van der Waals surface area contributed by atoms with Crippen LogP contribution in [-0.4, -0.2) is 54.0 Å². The Morgan fingerprint density at radius 3 is 2.54 bits per heavy atom. The zero-order valence-corrected chi connectivity index (χ0v) is 19.0. The lowest BCUT2D eigenvalue weighted by molar-refractivity contribution is -0.142. The van der Waals surface area contributed by atoms with Crippen molar-refractivity contribution in [2.24, 2.45) is 5.92 Å². The first-order chi connectivity index (χ1) is 17.0. The third-order valence-electron chi connectivity index (χ3n) is 5.67. The number of alkyl halides is 2. The van der Waals surface area contributed by atoms with E-state index in [4.69, 9.17) is 14.8 Å². The van der Waals surface area contributed by atoms with E-state index in [1.54, 1.807) is 24.5 Å². The van der Waals surface area contributed by atoms with E-state index < -0.39 is 12.6 Å². The van der Waals surface area contributed by atoms with Crippen LogP contribution >= 0.6 is 0 Å². The summed E-state index contributed by atoms with van der Waals surface area (Å²) >= 11 is 0. The first-order valence-electron chi connectivity index (χ1n) is 11.3. The number of hydrogen-bond donors (Lipinski definition) is 1. The third kappa shape index (κ3) is 6.63. The highest BCUT2D eigenvalue weighted by molar-refractivity contribution is 5.75. The largest absolute Gasteiger partial charge is 0.480 e. The van der Waals surface area contributed by atoms with Crippen LogP contribution in [-0.2, 0) is 9.53 Å². The molecule has 1 N–H and O–H groups in total. The second kappa shape index (κ2) is 11.6. The summed E-state index contributed by atoms with van der Waals surface area (Å²) in [4.78, 5) is 23.9. The average molecular weight is 485 g/mol. The van der Waals surface area contributed by atoms with Crippen LogP contribution in [0.2, 0.25) is 0 Å². The zero-order chi connectivity index (χ0) is 24.6. The maximum absolute atomic E-state index is 12.8. The summed E-state index contributed by atoms with van der Waals surface area (Å²) < 4.78 is 35.4. The predicted octanol–water partition coefficient (Wildman–Crippen LogP) is 4.87. The number of ether oxygens (including phenoxy) is 2. The molecule has 0 amide bonds. The molecule has 1 saturated heterocycles. The van der Waals surface area contributed by atoms with Crippen LogP contribution in [0.1, 0.15) is 12.8 Å². The van der Waals surface area contributed by atoms with Crippen LogP contribution in [0.15, 0.2) is 67.0 Å². The van der Waals surface area contributed by atoms with Crippen molar-refractivity contribution in [3.63, 3.8) is 0 Å². The van der Waals surface area contributed by atoms with Crippen molar-refractivity contribution in [2.45, 2.75) is 19.5 Å². The Morgan fingerprint density at radius 2 is 1.83 bits per heavy atom. The van der Waals surface area contributed by atoms with Crippen molar-refractivity contribution in [3.05, 3.63) is 67.0 Å². The molecule has 4 rings (SSSR count). The summed E-state index contributed by atoms with van der Waals surface area (Å²) in [6.45, 7) is -1.31. The molecule has 1 aliphatic rings. The molecule has 3 aromatic rings. The second-order valence-corrected chi connectivity index (χ2v) is 8.12. The number of benzene rings is 2. The maximum Gasteiger partial charge on any atom is 0.387 e. The monoisotopic (exact) mass is 484 g/mol. The number of halogens is 2. The molecule has 0 bridgehead atoms. The fourth-order valence-corrected chi connectivity index (χ4v) is 4.04. The molecule has 0 aliphatic carbocycles. The number of hydrogen-bond acceptors (Lipinski definition) is 7. The van der Waals surface area contributed by atoms with E-state index in [0.717, 1.165) is 31.6 Å². The van der Waals surface area contributed by atoms with Gasteiger partial charge in [-0.3, -0.25) is 9.88 Å². The number of anilines is 4. The Bertz CT molecular complexity index is 1110. The fraction of sp³-hybridized carbons (Fsp3) is 0.320. The van der Waals surface area contributed by atoms with Gasteiger partial charge in [0.2, 0.25) is 0 Å². The normalized spacial score (nSPS) is 14.2. The Balaban J connectivity index is 1.55. The first-order valence-corrected chi connectivity index (χ1v) is 11.3. The van der Waals surface area contributed by atoms with Crippen LogP contribution in [0.3, 0.4) is 0 Å². The van der Waals surface area contributed by atoms with Gasteiger partial charge in [0, 0.05) is 24.8 Å². The Labute approximate surface area is 201 Å². The van der Waals surface area contributed by atoms with Crippen molar-refractivity contribution in [1.29, 1.82) is 0 Å². The van der Waals surface area contributed by atoms with E-state index in [9.17, 15) is 13.6 Å². The number of aromatic nitrogens is 2. The van der Waals surface area contributed by atoms with Gasteiger partial charge in [0.15, 0.2) is 5.82 Å². The van der Waals surface area contributed by atoms with E-state index in [1.165, 1.54) is 12.1 Å². The van der Waals surface area contributed by atoms with Crippen LogP contribution in [0.5, 0.6) is 5.75 Å². The molecule has 10 heteroatoms. The molecule has 184 valence electrons. The summed E-state index contributed by atoms with van der Waals surface area (Å²) in [5.74, 6) is 0.613. The Morgan fingerprint density at radius 1 is 1.09 bits per heavy atom. The first kappa shape index (κ1) is 24.3. The van der Waals surface area contributed by atoms with E-state index >= 15 is 0 Å². The van der Waals surface area contributed by atoms with Gasteiger partial charge in [0.05, 0.1) is 24.7 Å². The lowest BCUT2D eigenvalue weighted by atomic mass is 9.98. The van der Waals surface area contributed by atoms with Crippen LogP contribution < -0.4 is 14.5 Å². The van der Waals surface area contributed by atoms with E-state index in [0.29, 0.717) is 29.8 Å². The maximum atomic E-state index is 12.8. The van der Waals surface area contributed by atoms with E-state index in [1.807, 2.05) is 35.2 Å². The van der Waals surface area contributed by atoms with Crippen molar-refractivity contribution < 1.29 is 28.2 Å². The van der Waals surface area contributed by atoms with Crippen LogP contribution in [0.4, 0.5) is 31.8 Å². The van der Waals surface area contributed by atoms with Crippen LogP contribution in [0.25, 0.3) is 0 Å². The molecular formula is C25H26F2N4O4. The Kier molecular flexibility index (Phi) is 8.04. The molecule has 0 radical (unpaired) electrons. The minimum absolute atomic E-state index is 0.0507. The minimum atomic E-state index is -2.92. The lowest BCUT2D eigenvalue weighted by Gasteiger charge is -2.33. The Hall–Kier alpha value is -3.79. The number of carbonyl (C=O) groups is 1. The average Bonchev–Trinajstić information content (AvgIpc) is 2.85. The van der Waals surface area contributed by atoms with Crippen molar-refractivity contribution in [2.75, 3.05) is 36.1 Å². The van der Waals surface area contributed by atoms with Crippen molar-refractivity contribution >= 4 is 29.0 Å². The molecule has 0 unspecified atom stereocenters. The lowest BCUT2D eigenvalue weighted by Crippen LogP contribution is -2.36. The summed E-state index contributed by atoms with van der Waals surface area (Å²) in [6.07, 6.45) is 5.02.